The number of rotatable bonds is 7. The Labute approximate surface area is 154 Å². The van der Waals surface area contributed by atoms with Crippen molar-refractivity contribution >= 4 is 17.7 Å². The van der Waals surface area contributed by atoms with Gasteiger partial charge in [0.05, 0.1) is 11.7 Å². The summed E-state index contributed by atoms with van der Waals surface area (Å²) < 4.78 is 5.71. The summed E-state index contributed by atoms with van der Waals surface area (Å²) in [6, 6.07) is 0.344. The molecule has 0 aliphatic heterocycles. The number of nitrogens with one attached hydrogen (secondary N) is 2. The van der Waals surface area contributed by atoms with Gasteiger partial charge in [-0.25, -0.2) is 4.98 Å². The van der Waals surface area contributed by atoms with Crippen LogP contribution < -0.4 is 16.4 Å². The first-order chi connectivity index (χ1) is 12.6. The summed E-state index contributed by atoms with van der Waals surface area (Å²) in [6.45, 7) is 2.82. The summed E-state index contributed by atoms with van der Waals surface area (Å²) in [6.07, 6.45) is 10.9. The molecule has 0 unspecified atom stereocenters. The lowest BCUT2D eigenvalue weighted by atomic mass is 9.77. The van der Waals surface area contributed by atoms with Crippen LogP contribution in [0.15, 0.2) is 6.20 Å². The molecule has 4 saturated carbocycles. The van der Waals surface area contributed by atoms with Gasteiger partial charge in [-0.3, -0.25) is 4.79 Å². The maximum Gasteiger partial charge on any atom is 0.254 e. The molecule has 1 heterocycles. The van der Waals surface area contributed by atoms with E-state index < -0.39 is 5.91 Å². The Morgan fingerprint density at radius 1 is 1.31 bits per heavy atom. The van der Waals surface area contributed by atoms with E-state index in [9.17, 15) is 4.79 Å². The molecule has 1 amide bonds. The highest BCUT2D eigenvalue weighted by atomic mass is 16.5. The minimum absolute atomic E-state index is 0.107. The van der Waals surface area contributed by atoms with Crippen LogP contribution in [0.5, 0.6) is 0 Å². The van der Waals surface area contributed by atoms with Crippen molar-refractivity contribution in [2.75, 3.05) is 17.2 Å². The molecule has 2 bridgehead atoms. The van der Waals surface area contributed by atoms with Gasteiger partial charge >= 0.3 is 0 Å². The lowest BCUT2D eigenvalue weighted by molar-refractivity contribution is 0.0346. The lowest BCUT2D eigenvalue weighted by Crippen LogP contribution is -2.43. The number of carbonyl (C=O) groups is 1. The van der Waals surface area contributed by atoms with Gasteiger partial charge in [0.2, 0.25) is 5.95 Å². The highest BCUT2D eigenvalue weighted by Gasteiger charge is 2.50. The van der Waals surface area contributed by atoms with Crippen molar-refractivity contribution in [3.05, 3.63) is 11.8 Å². The summed E-state index contributed by atoms with van der Waals surface area (Å²) >= 11 is 0. The Morgan fingerprint density at radius 3 is 2.69 bits per heavy atom. The van der Waals surface area contributed by atoms with Gasteiger partial charge in [0.25, 0.3) is 5.91 Å². The van der Waals surface area contributed by atoms with Crippen molar-refractivity contribution in [2.45, 2.75) is 76.0 Å². The van der Waals surface area contributed by atoms with E-state index in [2.05, 4.69) is 20.6 Å². The predicted molar refractivity (Wildman–Crippen MR) is 100 cm³/mol. The molecule has 0 atom stereocenters. The van der Waals surface area contributed by atoms with Gasteiger partial charge in [-0.1, -0.05) is 0 Å². The van der Waals surface area contributed by atoms with Gasteiger partial charge in [-0.15, -0.1) is 0 Å². The zero-order chi connectivity index (χ0) is 18.1. The number of hydrogen-bond donors (Lipinski definition) is 3. The number of fused-ring (bicyclic) bond motifs is 1. The van der Waals surface area contributed by atoms with E-state index in [1.807, 2.05) is 6.92 Å². The Hall–Kier alpha value is -1.89. The van der Waals surface area contributed by atoms with E-state index in [1.165, 1.54) is 19.3 Å². The van der Waals surface area contributed by atoms with Gasteiger partial charge in [0.15, 0.2) is 0 Å². The van der Waals surface area contributed by atoms with E-state index in [0.717, 1.165) is 44.6 Å². The summed E-state index contributed by atoms with van der Waals surface area (Å²) in [5, 5.41) is 6.95. The number of carbonyl (C=O) groups excluding carboxylic acids is 1. The minimum atomic E-state index is -0.485. The van der Waals surface area contributed by atoms with E-state index in [1.54, 1.807) is 6.20 Å². The fourth-order valence-electron chi connectivity index (χ4n) is 4.87. The quantitative estimate of drug-likeness (QED) is 0.692. The molecule has 1 aromatic heterocycles. The second-order valence-corrected chi connectivity index (χ2v) is 8.11. The molecule has 26 heavy (non-hydrogen) atoms. The number of amides is 1. The third-order valence-corrected chi connectivity index (χ3v) is 6.24. The molecule has 0 saturated heterocycles. The molecule has 4 aliphatic rings. The van der Waals surface area contributed by atoms with E-state index in [-0.39, 0.29) is 5.54 Å². The monoisotopic (exact) mass is 359 g/mol. The molecule has 1 aromatic rings. The van der Waals surface area contributed by atoms with Crippen LogP contribution >= 0.6 is 0 Å². The van der Waals surface area contributed by atoms with Crippen LogP contribution in [-0.4, -0.2) is 40.2 Å². The Kier molecular flexibility index (Phi) is 4.73. The second-order valence-electron chi connectivity index (χ2n) is 8.11. The van der Waals surface area contributed by atoms with Crippen molar-refractivity contribution in [1.29, 1.82) is 0 Å². The molecule has 0 spiro atoms. The number of aromatic nitrogens is 2. The van der Waals surface area contributed by atoms with Crippen molar-refractivity contribution < 1.29 is 9.53 Å². The molecule has 4 aliphatic carbocycles. The van der Waals surface area contributed by atoms with E-state index in [4.69, 9.17) is 10.5 Å². The van der Waals surface area contributed by atoms with Crippen LogP contribution in [0.1, 0.15) is 68.6 Å². The fourth-order valence-corrected chi connectivity index (χ4v) is 4.87. The van der Waals surface area contributed by atoms with E-state index >= 15 is 0 Å². The van der Waals surface area contributed by atoms with Crippen LogP contribution in [0.25, 0.3) is 0 Å². The van der Waals surface area contributed by atoms with E-state index in [0.29, 0.717) is 29.5 Å². The maximum atomic E-state index is 11.8. The first-order valence-corrected chi connectivity index (χ1v) is 9.90. The Morgan fingerprint density at radius 2 is 2.08 bits per heavy atom. The van der Waals surface area contributed by atoms with Gasteiger partial charge in [0, 0.05) is 24.4 Å². The topological polar surface area (TPSA) is 102 Å². The van der Waals surface area contributed by atoms with Crippen LogP contribution in [0.2, 0.25) is 0 Å². The molecule has 5 rings (SSSR count). The van der Waals surface area contributed by atoms with Crippen molar-refractivity contribution in [3.8, 4) is 0 Å². The minimum Gasteiger partial charge on any atom is -0.379 e. The highest BCUT2D eigenvalue weighted by molar-refractivity contribution is 5.97. The second kappa shape index (κ2) is 7.02. The molecule has 7 nitrogen and oxygen atoms in total. The third-order valence-electron chi connectivity index (χ3n) is 6.24. The zero-order valence-electron chi connectivity index (χ0n) is 15.5. The predicted octanol–water partition coefficient (Wildman–Crippen LogP) is 2.69. The summed E-state index contributed by atoms with van der Waals surface area (Å²) in [7, 11) is 0. The summed E-state index contributed by atoms with van der Waals surface area (Å²) in [5.41, 5.74) is 6.01. The normalized spacial score (nSPS) is 32.7. The number of nitrogens with two attached hydrogens (primary N) is 1. The lowest BCUT2D eigenvalue weighted by Gasteiger charge is -2.40. The average Bonchev–Trinajstić information content (AvgIpc) is 3.17. The molecule has 0 aromatic carbocycles. The number of nitrogens with zero attached hydrogens (tertiary/aromatic N) is 2. The highest BCUT2D eigenvalue weighted by Crippen LogP contribution is 2.53. The Bertz CT molecular complexity index is 660. The fraction of sp³-hybridized carbons (Fsp3) is 0.737. The number of ether oxygens (including phenoxy) is 1. The standard InChI is InChI=1S/C19H29N5O2/c1-2-26-14-5-3-13(4-6-14)22-18-21-11-15(16(20)25)17(23-18)24-19-8-7-12(9-19)10-19/h11-14H,2-10H2,1H3,(H2,20,25)(H2,21,22,23,24). The molecule has 142 valence electrons. The van der Waals surface area contributed by atoms with Crippen LogP contribution in [0.3, 0.4) is 0 Å². The molecule has 4 fully saturated rings. The summed E-state index contributed by atoms with van der Waals surface area (Å²) in [4.78, 5) is 20.7. The average molecular weight is 359 g/mol. The third kappa shape index (κ3) is 3.49. The first-order valence-electron chi connectivity index (χ1n) is 9.90. The van der Waals surface area contributed by atoms with Crippen LogP contribution in [0, 0.1) is 5.92 Å². The smallest absolute Gasteiger partial charge is 0.254 e. The molecule has 4 N–H and O–H groups in total. The van der Waals surface area contributed by atoms with Crippen LogP contribution in [-0.2, 0) is 4.74 Å². The SMILES string of the molecule is CCOC1CCC(Nc2ncc(C(N)=O)c(NC34CCC(C3)C4)n2)CC1. The van der Waals surface area contributed by atoms with Crippen molar-refractivity contribution in [2.24, 2.45) is 11.7 Å². The molecular weight excluding hydrogens is 330 g/mol. The van der Waals surface area contributed by atoms with Crippen LogP contribution in [0.4, 0.5) is 11.8 Å². The molecule has 7 heteroatoms. The van der Waals surface area contributed by atoms with Gasteiger partial charge in [-0.05, 0) is 64.2 Å². The largest absolute Gasteiger partial charge is 0.379 e. The number of anilines is 2. The van der Waals surface area contributed by atoms with Crippen molar-refractivity contribution in [3.63, 3.8) is 0 Å². The summed E-state index contributed by atoms with van der Waals surface area (Å²) in [5.74, 6) is 1.50. The maximum absolute atomic E-state index is 11.8. The number of hydrogen-bond acceptors (Lipinski definition) is 6. The van der Waals surface area contributed by atoms with Gasteiger partial charge in [0.1, 0.15) is 5.82 Å². The molecule has 0 radical (unpaired) electrons. The molecular formula is C19H29N5O2. The zero-order valence-corrected chi connectivity index (χ0v) is 15.5. The first kappa shape index (κ1) is 17.5. The van der Waals surface area contributed by atoms with Crippen molar-refractivity contribution in [1.82, 2.24) is 9.97 Å². The number of primary amides is 1. The Balaban J connectivity index is 1.44. The van der Waals surface area contributed by atoms with Gasteiger partial charge < -0.3 is 21.1 Å². The van der Waals surface area contributed by atoms with Gasteiger partial charge in [-0.2, -0.15) is 4.98 Å².